The average molecular weight is 280 g/mol. The SMILES string of the molecule is CCCN1CCC(C(C)NCC2C(C)(C)C2(C)C)CC1. The zero-order chi connectivity index (χ0) is 15.0. The van der Waals surface area contributed by atoms with Crippen LogP contribution in [-0.4, -0.2) is 37.1 Å². The van der Waals surface area contributed by atoms with Crippen molar-refractivity contribution in [2.45, 2.75) is 66.8 Å². The van der Waals surface area contributed by atoms with Gasteiger partial charge in [-0.05, 0) is 75.0 Å². The minimum Gasteiger partial charge on any atom is -0.314 e. The van der Waals surface area contributed by atoms with Crippen molar-refractivity contribution >= 4 is 0 Å². The number of hydrogen-bond donors (Lipinski definition) is 1. The van der Waals surface area contributed by atoms with Crippen LogP contribution >= 0.6 is 0 Å². The molecule has 1 N–H and O–H groups in total. The quantitative estimate of drug-likeness (QED) is 0.797. The van der Waals surface area contributed by atoms with E-state index in [0.717, 1.165) is 11.8 Å². The maximum atomic E-state index is 3.85. The molecule has 1 heterocycles. The Kier molecular flexibility index (Phi) is 4.86. The predicted molar refractivity (Wildman–Crippen MR) is 88.0 cm³/mol. The second kappa shape index (κ2) is 5.96. The molecule has 2 nitrogen and oxygen atoms in total. The van der Waals surface area contributed by atoms with Gasteiger partial charge in [-0.15, -0.1) is 0 Å². The number of piperidine rings is 1. The molecule has 1 aliphatic carbocycles. The van der Waals surface area contributed by atoms with Crippen LogP contribution in [0.25, 0.3) is 0 Å². The lowest BCUT2D eigenvalue weighted by atomic mass is 9.90. The lowest BCUT2D eigenvalue weighted by molar-refractivity contribution is 0.162. The zero-order valence-corrected chi connectivity index (χ0v) is 14.6. The first kappa shape index (κ1) is 16.3. The highest BCUT2D eigenvalue weighted by atomic mass is 15.1. The molecule has 2 fully saturated rings. The minimum atomic E-state index is 0.518. The van der Waals surface area contributed by atoms with Crippen molar-refractivity contribution < 1.29 is 0 Å². The van der Waals surface area contributed by atoms with E-state index in [4.69, 9.17) is 0 Å². The number of nitrogens with zero attached hydrogens (tertiary/aromatic N) is 1. The van der Waals surface area contributed by atoms with Crippen LogP contribution in [0.1, 0.15) is 60.8 Å². The van der Waals surface area contributed by atoms with Crippen molar-refractivity contribution in [3.63, 3.8) is 0 Å². The molecule has 20 heavy (non-hydrogen) atoms. The molecular weight excluding hydrogens is 244 g/mol. The number of likely N-dealkylation sites (tertiary alicyclic amines) is 1. The third kappa shape index (κ3) is 3.06. The summed E-state index contributed by atoms with van der Waals surface area (Å²) in [7, 11) is 0. The van der Waals surface area contributed by atoms with Gasteiger partial charge in [-0.25, -0.2) is 0 Å². The third-order valence-corrected chi connectivity index (χ3v) is 6.84. The molecule has 0 radical (unpaired) electrons. The minimum absolute atomic E-state index is 0.518. The van der Waals surface area contributed by atoms with Gasteiger partial charge in [0.2, 0.25) is 0 Å². The van der Waals surface area contributed by atoms with E-state index in [0.29, 0.717) is 16.9 Å². The average Bonchev–Trinajstić information content (AvgIpc) is 2.78. The van der Waals surface area contributed by atoms with Gasteiger partial charge in [-0.1, -0.05) is 34.6 Å². The highest BCUT2D eigenvalue weighted by Gasteiger charge is 2.63. The van der Waals surface area contributed by atoms with E-state index in [2.05, 4.69) is 51.8 Å². The van der Waals surface area contributed by atoms with Crippen LogP contribution in [0.5, 0.6) is 0 Å². The lowest BCUT2D eigenvalue weighted by Gasteiger charge is -2.35. The molecule has 0 aromatic carbocycles. The maximum Gasteiger partial charge on any atom is 0.00680 e. The van der Waals surface area contributed by atoms with E-state index in [1.165, 1.54) is 45.4 Å². The van der Waals surface area contributed by atoms with Crippen LogP contribution in [0, 0.1) is 22.7 Å². The molecule has 1 atom stereocenters. The topological polar surface area (TPSA) is 15.3 Å². The maximum absolute atomic E-state index is 3.85. The van der Waals surface area contributed by atoms with Gasteiger partial charge in [-0.2, -0.15) is 0 Å². The van der Waals surface area contributed by atoms with Crippen molar-refractivity contribution in [1.82, 2.24) is 10.2 Å². The van der Waals surface area contributed by atoms with Crippen LogP contribution in [0.15, 0.2) is 0 Å². The fourth-order valence-corrected chi connectivity index (χ4v) is 4.31. The van der Waals surface area contributed by atoms with Crippen molar-refractivity contribution in [3.8, 4) is 0 Å². The van der Waals surface area contributed by atoms with Gasteiger partial charge in [0, 0.05) is 6.04 Å². The molecule has 0 amide bonds. The Morgan fingerprint density at radius 2 is 1.65 bits per heavy atom. The first-order chi connectivity index (χ1) is 9.30. The molecule has 2 heteroatoms. The molecule has 2 rings (SSSR count). The predicted octanol–water partition coefficient (Wildman–Crippen LogP) is 3.77. The van der Waals surface area contributed by atoms with Crippen LogP contribution in [0.3, 0.4) is 0 Å². The Bertz CT molecular complexity index is 299. The highest BCUT2D eigenvalue weighted by molar-refractivity contribution is 5.13. The normalized spacial score (nSPS) is 28.5. The van der Waals surface area contributed by atoms with Crippen LogP contribution in [0.2, 0.25) is 0 Å². The van der Waals surface area contributed by atoms with Gasteiger partial charge in [0.15, 0.2) is 0 Å². The first-order valence-corrected chi connectivity index (χ1v) is 8.76. The molecule has 1 unspecified atom stereocenters. The molecule has 0 bridgehead atoms. The van der Waals surface area contributed by atoms with Gasteiger partial charge in [0.1, 0.15) is 0 Å². The van der Waals surface area contributed by atoms with Crippen molar-refractivity contribution in [3.05, 3.63) is 0 Å². The summed E-state index contributed by atoms with van der Waals surface area (Å²) in [5.74, 6) is 1.73. The fourth-order valence-electron chi connectivity index (χ4n) is 4.31. The third-order valence-electron chi connectivity index (χ3n) is 6.84. The monoisotopic (exact) mass is 280 g/mol. The molecule has 1 saturated heterocycles. The van der Waals surface area contributed by atoms with Crippen molar-refractivity contribution in [2.24, 2.45) is 22.7 Å². The Labute approximate surface area is 126 Å². The smallest absolute Gasteiger partial charge is 0.00680 e. The Morgan fingerprint density at radius 1 is 1.10 bits per heavy atom. The van der Waals surface area contributed by atoms with Gasteiger partial charge >= 0.3 is 0 Å². The van der Waals surface area contributed by atoms with Gasteiger partial charge in [0.05, 0.1) is 0 Å². The van der Waals surface area contributed by atoms with E-state index in [1.807, 2.05) is 0 Å². The second-order valence-electron chi connectivity index (χ2n) is 8.37. The summed E-state index contributed by atoms with van der Waals surface area (Å²) in [5, 5.41) is 3.85. The highest BCUT2D eigenvalue weighted by Crippen LogP contribution is 2.67. The molecule has 0 aromatic heterocycles. The first-order valence-electron chi connectivity index (χ1n) is 8.76. The van der Waals surface area contributed by atoms with E-state index in [9.17, 15) is 0 Å². The van der Waals surface area contributed by atoms with Gasteiger partial charge in [0.25, 0.3) is 0 Å². The summed E-state index contributed by atoms with van der Waals surface area (Å²) in [6.07, 6.45) is 4.06. The summed E-state index contributed by atoms with van der Waals surface area (Å²) in [6, 6.07) is 0.686. The Hall–Kier alpha value is -0.0800. The van der Waals surface area contributed by atoms with Crippen LogP contribution in [0.4, 0.5) is 0 Å². The number of rotatable bonds is 6. The molecule has 118 valence electrons. The molecule has 0 aromatic rings. The van der Waals surface area contributed by atoms with Crippen LogP contribution in [-0.2, 0) is 0 Å². The fraction of sp³-hybridized carbons (Fsp3) is 1.00. The number of hydrogen-bond acceptors (Lipinski definition) is 2. The van der Waals surface area contributed by atoms with Crippen molar-refractivity contribution in [1.29, 1.82) is 0 Å². The molecule has 2 aliphatic rings. The number of nitrogens with one attached hydrogen (secondary N) is 1. The van der Waals surface area contributed by atoms with E-state index in [1.54, 1.807) is 0 Å². The second-order valence-corrected chi connectivity index (χ2v) is 8.37. The molecule has 0 spiro atoms. The van der Waals surface area contributed by atoms with Gasteiger partial charge < -0.3 is 10.2 Å². The Morgan fingerprint density at radius 3 is 2.10 bits per heavy atom. The van der Waals surface area contributed by atoms with Crippen LogP contribution < -0.4 is 5.32 Å². The zero-order valence-electron chi connectivity index (χ0n) is 14.6. The summed E-state index contributed by atoms with van der Waals surface area (Å²) in [6.45, 7) is 19.5. The summed E-state index contributed by atoms with van der Waals surface area (Å²) in [5.41, 5.74) is 1.04. The molecule has 1 aliphatic heterocycles. The Balaban J connectivity index is 1.70. The largest absolute Gasteiger partial charge is 0.314 e. The molecular formula is C18H36N2. The van der Waals surface area contributed by atoms with E-state index < -0.39 is 0 Å². The van der Waals surface area contributed by atoms with Gasteiger partial charge in [-0.3, -0.25) is 0 Å². The van der Waals surface area contributed by atoms with Crippen molar-refractivity contribution in [2.75, 3.05) is 26.2 Å². The van der Waals surface area contributed by atoms with E-state index in [-0.39, 0.29) is 0 Å². The van der Waals surface area contributed by atoms with E-state index >= 15 is 0 Å². The molecule has 1 saturated carbocycles. The summed E-state index contributed by atoms with van der Waals surface area (Å²) in [4.78, 5) is 2.64. The standard InChI is InChI=1S/C18H36N2/c1-7-10-20-11-8-15(9-12-20)14(2)19-13-16-17(3,4)18(16,5)6/h14-16,19H,7-13H2,1-6H3. The summed E-state index contributed by atoms with van der Waals surface area (Å²) >= 11 is 0. The lowest BCUT2D eigenvalue weighted by Crippen LogP contribution is -2.42. The summed E-state index contributed by atoms with van der Waals surface area (Å²) < 4.78 is 0.